The minimum Gasteiger partial charge on any atom is -0.393 e. The van der Waals surface area contributed by atoms with Crippen LogP contribution in [-0.2, 0) is 69.0 Å². The lowest BCUT2D eigenvalue weighted by molar-refractivity contribution is -0.144. The quantitative estimate of drug-likeness (QED) is 0.125. The molecule has 32 heteroatoms. The van der Waals surface area contributed by atoms with Gasteiger partial charge in [0.25, 0.3) is 0 Å². The van der Waals surface area contributed by atoms with Crippen LogP contribution in [0.1, 0.15) is 195 Å². The first-order valence-corrected chi connectivity index (χ1v) is 40.7. The number of hydrogen-bond donors (Lipinski definition) is 17. The van der Waals surface area contributed by atoms with Crippen molar-refractivity contribution in [3.63, 3.8) is 0 Å². The number of primary amides is 1. The zero-order chi connectivity index (χ0) is 77.5. The van der Waals surface area contributed by atoms with E-state index < -0.39 is 167 Å². The van der Waals surface area contributed by atoms with Crippen molar-refractivity contribution in [1.29, 1.82) is 0 Å². The molecule has 5 fully saturated rings. The number of aliphatic hydroxyl groups excluding tert-OH is 4. The number of thioether (sulfide) groups is 2. The Bertz CT molecular complexity index is 3170. The topological polar surface area (TPSA) is 459 Å². The highest BCUT2D eigenvalue weighted by Gasteiger charge is 2.45. The first-order valence-electron chi connectivity index (χ1n) is 38.4. The number of hydrogen-bond acceptors (Lipinski definition) is 20. The van der Waals surface area contributed by atoms with Crippen LogP contribution in [0.4, 0.5) is 0 Å². The molecule has 18 N–H and O–H groups in total. The number of nitrogens with one attached hydrogen (secondary N) is 12. The normalized spacial score (nSPS) is 33.0. The molecule has 2 bridgehead atoms. The van der Waals surface area contributed by atoms with E-state index in [0.29, 0.717) is 94.4 Å². The summed E-state index contributed by atoms with van der Waals surface area (Å²) in [6, 6.07) is -6.92. The van der Waals surface area contributed by atoms with Gasteiger partial charge in [-0.15, -0.1) is 0 Å². The predicted molar refractivity (Wildman–Crippen MR) is 401 cm³/mol. The summed E-state index contributed by atoms with van der Waals surface area (Å²) in [6.07, 6.45) is 3.22. The molecule has 2 saturated carbocycles. The second-order valence-electron chi connectivity index (χ2n) is 31.2. The lowest BCUT2D eigenvalue weighted by Gasteiger charge is -2.35. The molecule has 0 radical (unpaired) electrons. The Kier molecular flexibility index (Phi) is 34.1. The molecule has 0 spiro atoms. The minimum atomic E-state index is -1.67. The Balaban J connectivity index is 1.17. The van der Waals surface area contributed by atoms with Gasteiger partial charge in [0.15, 0.2) is 0 Å². The molecule has 3 saturated heterocycles. The summed E-state index contributed by atoms with van der Waals surface area (Å²) in [5.41, 5.74) is 6.76. The van der Waals surface area contributed by atoms with Gasteiger partial charge in [0.2, 0.25) is 70.9 Å². The van der Waals surface area contributed by atoms with Crippen LogP contribution in [0.2, 0.25) is 0 Å². The van der Waals surface area contributed by atoms with Crippen molar-refractivity contribution < 1.29 is 78.0 Å². The molecule has 1 aromatic rings. The molecule has 6 aliphatic rings. The summed E-state index contributed by atoms with van der Waals surface area (Å²) in [5.74, 6) is -8.17. The molecule has 106 heavy (non-hydrogen) atoms. The fraction of sp³-hybridized carbons (Fsp3) is 0.757. The number of piperidine rings is 1. The van der Waals surface area contributed by atoms with E-state index in [2.05, 4.69) is 63.8 Å². The van der Waals surface area contributed by atoms with E-state index in [0.717, 1.165) is 30.5 Å². The molecule has 1 aromatic carbocycles. The van der Waals surface area contributed by atoms with Gasteiger partial charge in [-0.25, -0.2) is 0 Å². The monoisotopic (exact) mass is 1520 g/mol. The third kappa shape index (κ3) is 26.0. The molecule has 0 aromatic heterocycles. The first kappa shape index (κ1) is 86.6. The van der Waals surface area contributed by atoms with Crippen molar-refractivity contribution in [2.24, 2.45) is 34.8 Å². The second-order valence-corrected chi connectivity index (χ2v) is 33.3. The van der Waals surface area contributed by atoms with Gasteiger partial charge in [0.05, 0.1) is 30.6 Å². The van der Waals surface area contributed by atoms with Crippen LogP contribution >= 0.6 is 23.5 Å². The molecular formula is C74H120N14O16S2. The minimum absolute atomic E-state index is 0.00786. The number of fused-ring (bicyclic) bond motifs is 4. The van der Waals surface area contributed by atoms with E-state index in [1.54, 1.807) is 34.6 Å². The fourth-order valence-corrected chi connectivity index (χ4v) is 17.1. The van der Waals surface area contributed by atoms with Gasteiger partial charge >= 0.3 is 0 Å². The number of rotatable bonds is 13. The lowest BCUT2D eigenvalue weighted by atomic mass is 9.82. The molecule has 12 amide bonds. The van der Waals surface area contributed by atoms with E-state index in [-0.39, 0.29) is 87.1 Å². The fourth-order valence-electron chi connectivity index (χ4n) is 15.2. The van der Waals surface area contributed by atoms with E-state index in [1.807, 2.05) is 24.3 Å². The summed E-state index contributed by atoms with van der Waals surface area (Å²) in [7, 11) is 0. The number of nitrogens with zero attached hydrogens (tertiary/aromatic N) is 1. The van der Waals surface area contributed by atoms with Gasteiger partial charge in [0, 0.05) is 36.0 Å². The van der Waals surface area contributed by atoms with Gasteiger partial charge in [-0.3, -0.25) is 57.5 Å². The molecule has 594 valence electrons. The van der Waals surface area contributed by atoms with E-state index in [4.69, 9.17) is 5.73 Å². The van der Waals surface area contributed by atoms with Crippen LogP contribution in [0.25, 0.3) is 0 Å². The molecule has 16 atom stereocenters. The maximum absolute atomic E-state index is 15.1. The molecule has 4 aliphatic heterocycles. The highest BCUT2D eigenvalue weighted by molar-refractivity contribution is 7.98. The highest BCUT2D eigenvalue weighted by atomic mass is 32.2. The van der Waals surface area contributed by atoms with Crippen LogP contribution in [0, 0.1) is 29.1 Å². The van der Waals surface area contributed by atoms with Gasteiger partial charge in [-0.1, -0.05) is 71.7 Å². The molecular weight excluding hydrogens is 1410 g/mol. The zero-order valence-electron chi connectivity index (χ0n) is 63.0. The van der Waals surface area contributed by atoms with E-state index in [9.17, 15) is 73.2 Å². The molecule has 7 rings (SSSR count). The van der Waals surface area contributed by atoms with Gasteiger partial charge in [-0.2, -0.15) is 23.5 Å². The van der Waals surface area contributed by atoms with E-state index >= 15 is 4.79 Å². The number of amides is 12. The van der Waals surface area contributed by atoms with Gasteiger partial charge in [0.1, 0.15) is 66.5 Å². The van der Waals surface area contributed by atoms with Crippen molar-refractivity contribution in [2.45, 2.75) is 292 Å². The van der Waals surface area contributed by atoms with Gasteiger partial charge < -0.3 is 94.9 Å². The predicted octanol–water partition coefficient (Wildman–Crippen LogP) is 0.126. The Morgan fingerprint density at radius 2 is 1.08 bits per heavy atom. The third-order valence-electron chi connectivity index (χ3n) is 21.4. The molecule has 30 nitrogen and oxygen atoms in total. The second kappa shape index (κ2) is 41.8. The maximum atomic E-state index is 15.1. The van der Waals surface area contributed by atoms with Crippen LogP contribution < -0.4 is 69.5 Å². The maximum Gasteiger partial charge on any atom is 0.245 e. The number of aliphatic hydroxyl groups is 4. The largest absolute Gasteiger partial charge is 0.393 e. The van der Waals surface area contributed by atoms with Crippen molar-refractivity contribution in [3.8, 4) is 0 Å². The molecule has 4 heterocycles. The van der Waals surface area contributed by atoms with Crippen molar-refractivity contribution in [1.82, 2.24) is 68.7 Å². The lowest BCUT2D eigenvalue weighted by Crippen LogP contribution is -2.62. The van der Waals surface area contributed by atoms with Crippen LogP contribution in [0.15, 0.2) is 24.3 Å². The molecule has 2 aliphatic carbocycles. The highest BCUT2D eigenvalue weighted by Crippen LogP contribution is 2.34. The number of carbonyl (C=O) groups excluding carboxylic acids is 12. The van der Waals surface area contributed by atoms with Crippen molar-refractivity contribution in [3.05, 3.63) is 35.4 Å². The Morgan fingerprint density at radius 3 is 1.65 bits per heavy atom. The summed E-state index contributed by atoms with van der Waals surface area (Å²) < 4.78 is 0. The Labute approximate surface area is 631 Å². The average molecular weight is 1530 g/mol. The van der Waals surface area contributed by atoms with Crippen LogP contribution in [0.5, 0.6) is 0 Å². The summed E-state index contributed by atoms with van der Waals surface area (Å²) in [4.78, 5) is 174. The molecule has 3 unspecified atom stereocenters. The average Bonchev–Trinajstić information content (AvgIpc) is 1.64. The van der Waals surface area contributed by atoms with Crippen molar-refractivity contribution in [2.75, 3.05) is 31.1 Å². The number of nitrogens with two attached hydrogens (primary N) is 1. The first-order chi connectivity index (χ1) is 50.3. The standard InChI is InChI=1S/C74H120N14O16S2/c1-9-14-51-65(96)78-40(3)64(95)81-53(33-43-20-24-48(91)25-21-43)67(98)80-52(15-10-2)66(97)86-59(41(4)89)71(102)84-56(62(75)94)39-106-38-46-17-11-16-45(32-46)37-105-31-28-58(93)85-61(74(6,7)8)72(103)83-55(34-44-22-26-49(92)27-23-44)73(104)88-30-13-19-57(88)69(100)87-60(42(5)90)70(101)82-54(68(99)79-51)35-47-36-77-63-50(47)18-12-29-76-63/h11,16-17,32,40-44,47-57,59-61,63,76-77,89-92H,9-10,12-15,18-31,33-39H2,1-8H3,(H2,75,94)(H,78,96)(H,79,99)(H,80,98)(H,81,95)(H,82,101)(H,83,103)(H,84,102)(H,85,93)(H,86,97)(H,87,100)/t40-,41+,42+,43?,44?,47?,48?,49?,50?,51-,52-,53-,54-,55-,56-,57-,59-,60-,61+,63?/m0/s1. The zero-order valence-corrected chi connectivity index (χ0v) is 64.6. The van der Waals surface area contributed by atoms with Crippen LogP contribution in [-0.4, -0.2) is 224 Å². The SMILES string of the molecule is CCC[C@@H]1NC(=O)[C@H](CC2CNC3NCCCC23)NC(=O)[C@H]([C@@H](C)O)NC(=O)[C@@H]2CCCN2C(=O)[C@H](CC2CCC(O)CC2)NC(=O)[C@H](C(C)(C)C)NC(=O)CCSCc2cccc(c2)CSC[C@@H](C(N)=O)NC(=O)[C@H]([C@@H](C)O)NC(=O)[C@H](CCC)NC(=O)[C@H](CC2CCC(O)CC2)NC(=O)[C@H](C)NC1=O. The Morgan fingerprint density at radius 1 is 0.575 bits per heavy atom. The van der Waals surface area contributed by atoms with Crippen LogP contribution in [0.3, 0.4) is 0 Å². The van der Waals surface area contributed by atoms with Crippen molar-refractivity contribution >= 4 is 94.4 Å². The summed E-state index contributed by atoms with van der Waals surface area (Å²) >= 11 is 2.79. The Hall–Kier alpha value is -6.68. The van der Waals surface area contributed by atoms with Gasteiger partial charge in [-0.05, 0) is 183 Å². The number of benzene rings is 1. The van der Waals surface area contributed by atoms with E-state index in [1.165, 1.54) is 49.2 Å². The smallest absolute Gasteiger partial charge is 0.245 e. The summed E-state index contributed by atoms with van der Waals surface area (Å²) in [6.45, 7) is 14.2. The third-order valence-corrected chi connectivity index (χ3v) is 23.6. The number of carbonyl (C=O) groups is 12. The summed E-state index contributed by atoms with van der Waals surface area (Å²) in [5, 5.41) is 77.6.